The Hall–Kier alpha value is -2.69. The fourth-order valence-corrected chi connectivity index (χ4v) is 2.69. The van der Waals surface area contributed by atoms with Crippen LogP contribution < -0.4 is 4.90 Å². The van der Waals surface area contributed by atoms with Crippen molar-refractivity contribution in [2.45, 2.75) is 6.92 Å². The monoisotopic (exact) mass is 309 g/mol. The summed E-state index contributed by atoms with van der Waals surface area (Å²) in [6.07, 6.45) is 3.52. The number of anilines is 1. The molecule has 1 aliphatic heterocycles. The van der Waals surface area contributed by atoms with Crippen LogP contribution in [0.3, 0.4) is 0 Å². The molecule has 0 unspecified atom stereocenters. The maximum atomic E-state index is 12.4. The first-order valence-electron chi connectivity index (χ1n) is 7.70. The van der Waals surface area contributed by atoms with Crippen LogP contribution in [-0.2, 0) is 4.79 Å². The zero-order valence-corrected chi connectivity index (χ0v) is 13.1. The number of hydrogen-bond acceptors (Lipinski definition) is 4. The Kier molecular flexibility index (Phi) is 4.37. The number of benzene rings is 1. The minimum Gasteiger partial charge on any atom is -0.368 e. The zero-order chi connectivity index (χ0) is 16.2. The first-order chi connectivity index (χ1) is 11.1. The number of aryl methyl sites for hydroxylation is 1. The second-order valence-corrected chi connectivity index (χ2v) is 5.68. The smallest absolute Gasteiger partial charge is 0.295 e. The summed E-state index contributed by atoms with van der Waals surface area (Å²) in [5.41, 5.74) is 2.62. The summed E-state index contributed by atoms with van der Waals surface area (Å²) < 4.78 is 0. The number of carbonyl (C=O) groups excluding carboxylic acids is 2. The lowest BCUT2D eigenvalue weighted by atomic mass is 10.1. The van der Waals surface area contributed by atoms with Crippen molar-refractivity contribution in [3.05, 3.63) is 59.9 Å². The molecule has 1 saturated heterocycles. The predicted molar refractivity (Wildman–Crippen MR) is 88.5 cm³/mol. The van der Waals surface area contributed by atoms with Crippen molar-refractivity contribution in [3.63, 3.8) is 0 Å². The van der Waals surface area contributed by atoms with Crippen molar-refractivity contribution in [1.29, 1.82) is 0 Å². The zero-order valence-electron chi connectivity index (χ0n) is 13.1. The molecule has 118 valence electrons. The number of aromatic nitrogens is 1. The first kappa shape index (κ1) is 15.2. The molecule has 1 aliphatic rings. The highest BCUT2D eigenvalue weighted by Crippen LogP contribution is 2.15. The largest absolute Gasteiger partial charge is 0.368 e. The molecule has 1 fully saturated rings. The lowest BCUT2D eigenvalue weighted by Crippen LogP contribution is -2.50. The van der Waals surface area contributed by atoms with E-state index in [-0.39, 0.29) is 0 Å². The van der Waals surface area contributed by atoms with Gasteiger partial charge in [0.1, 0.15) is 0 Å². The van der Waals surface area contributed by atoms with Gasteiger partial charge >= 0.3 is 0 Å². The molecule has 1 aromatic heterocycles. The van der Waals surface area contributed by atoms with E-state index < -0.39 is 11.7 Å². The molecule has 0 saturated carbocycles. The maximum Gasteiger partial charge on any atom is 0.295 e. The molecular weight excluding hydrogens is 290 g/mol. The molecule has 1 aromatic carbocycles. The number of Topliss-reactive ketones (excluding diaryl/α,β-unsaturated/α-hetero) is 1. The number of ketones is 1. The van der Waals surface area contributed by atoms with E-state index in [2.05, 4.69) is 9.88 Å². The Bertz CT molecular complexity index is 690. The minimum atomic E-state index is -0.428. The summed E-state index contributed by atoms with van der Waals surface area (Å²) >= 11 is 0. The van der Waals surface area contributed by atoms with Crippen LogP contribution in [0.1, 0.15) is 15.9 Å². The van der Waals surface area contributed by atoms with Gasteiger partial charge in [0.2, 0.25) is 5.78 Å². The van der Waals surface area contributed by atoms with Gasteiger partial charge in [0.25, 0.3) is 5.91 Å². The number of amides is 1. The van der Waals surface area contributed by atoms with Crippen LogP contribution >= 0.6 is 0 Å². The molecule has 0 bridgehead atoms. The predicted octanol–water partition coefficient (Wildman–Crippen LogP) is 1.92. The minimum absolute atomic E-state index is 0.414. The van der Waals surface area contributed by atoms with Crippen LogP contribution in [0.4, 0.5) is 5.69 Å². The molecule has 2 aromatic rings. The number of pyridine rings is 1. The third-order valence-corrected chi connectivity index (χ3v) is 4.10. The van der Waals surface area contributed by atoms with E-state index >= 15 is 0 Å². The number of nitrogens with zero attached hydrogens (tertiary/aromatic N) is 3. The van der Waals surface area contributed by atoms with Crippen LogP contribution in [0.25, 0.3) is 0 Å². The lowest BCUT2D eigenvalue weighted by Gasteiger charge is -2.35. The molecular formula is C18H19N3O2. The molecule has 5 heteroatoms. The maximum absolute atomic E-state index is 12.4. The SMILES string of the molecule is Cc1ccc(C(=O)C(=O)N2CCN(c3ccncc3)CC2)cc1. The number of rotatable bonds is 3. The third kappa shape index (κ3) is 3.39. The van der Waals surface area contributed by atoms with Gasteiger partial charge in [0, 0.05) is 49.8 Å². The number of hydrogen-bond donors (Lipinski definition) is 0. The highest BCUT2D eigenvalue weighted by molar-refractivity contribution is 6.42. The normalized spacial score (nSPS) is 14.7. The lowest BCUT2D eigenvalue weighted by molar-refractivity contribution is -0.126. The average molecular weight is 309 g/mol. The highest BCUT2D eigenvalue weighted by Gasteiger charge is 2.26. The van der Waals surface area contributed by atoms with Gasteiger partial charge in [-0.3, -0.25) is 14.6 Å². The summed E-state index contributed by atoms with van der Waals surface area (Å²) in [6, 6.07) is 11.0. The van der Waals surface area contributed by atoms with Gasteiger partial charge in [0.05, 0.1) is 0 Å². The Morgan fingerprint density at radius 3 is 2.13 bits per heavy atom. The average Bonchev–Trinajstić information content (AvgIpc) is 2.62. The van der Waals surface area contributed by atoms with Gasteiger partial charge in [-0.05, 0) is 19.1 Å². The molecule has 5 nitrogen and oxygen atoms in total. The second kappa shape index (κ2) is 6.60. The van der Waals surface area contributed by atoms with Crippen LogP contribution in [0.5, 0.6) is 0 Å². The van der Waals surface area contributed by atoms with E-state index in [4.69, 9.17) is 0 Å². The third-order valence-electron chi connectivity index (χ3n) is 4.10. The van der Waals surface area contributed by atoms with Gasteiger partial charge in [0.15, 0.2) is 0 Å². The van der Waals surface area contributed by atoms with Gasteiger partial charge in [-0.2, -0.15) is 0 Å². The van der Waals surface area contributed by atoms with Gasteiger partial charge in [-0.15, -0.1) is 0 Å². The Morgan fingerprint density at radius 1 is 0.913 bits per heavy atom. The van der Waals surface area contributed by atoms with E-state index in [1.54, 1.807) is 29.4 Å². The molecule has 2 heterocycles. The molecule has 1 amide bonds. The van der Waals surface area contributed by atoms with Crippen molar-refractivity contribution in [2.75, 3.05) is 31.1 Å². The molecule has 0 spiro atoms. The van der Waals surface area contributed by atoms with E-state index in [9.17, 15) is 9.59 Å². The van der Waals surface area contributed by atoms with Crippen LogP contribution in [0.15, 0.2) is 48.8 Å². The van der Waals surface area contributed by atoms with Crippen LogP contribution in [-0.4, -0.2) is 47.8 Å². The van der Waals surface area contributed by atoms with Crippen LogP contribution in [0, 0.1) is 6.92 Å². The molecule has 3 rings (SSSR count). The molecule has 0 N–H and O–H groups in total. The topological polar surface area (TPSA) is 53.5 Å². The Labute approximate surface area is 135 Å². The van der Waals surface area contributed by atoms with Crippen molar-refractivity contribution in [1.82, 2.24) is 9.88 Å². The number of carbonyl (C=O) groups is 2. The molecule has 0 aliphatic carbocycles. The van der Waals surface area contributed by atoms with Gasteiger partial charge in [-0.1, -0.05) is 29.8 Å². The quantitative estimate of drug-likeness (QED) is 0.642. The van der Waals surface area contributed by atoms with Gasteiger partial charge < -0.3 is 9.80 Å². The van der Waals surface area contributed by atoms with E-state index in [1.807, 2.05) is 31.2 Å². The molecule has 0 atom stereocenters. The van der Waals surface area contributed by atoms with E-state index in [0.29, 0.717) is 18.7 Å². The van der Waals surface area contributed by atoms with Crippen molar-refractivity contribution in [2.24, 2.45) is 0 Å². The summed E-state index contributed by atoms with van der Waals surface area (Å²) in [4.78, 5) is 32.5. The molecule has 23 heavy (non-hydrogen) atoms. The summed E-state index contributed by atoms with van der Waals surface area (Å²) in [7, 11) is 0. The fraction of sp³-hybridized carbons (Fsp3) is 0.278. The summed E-state index contributed by atoms with van der Waals surface area (Å²) in [5.74, 6) is -0.842. The Balaban J connectivity index is 1.62. The second-order valence-electron chi connectivity index (χ2n) is 5.68. The fourth-order valence-electron chi connectivity index (χ4n) is 2.69. The van der Waals surface area contributed by atoms with Crippen LogP contribution in [0.2, 0.25) is 0 Å². The van der Waals surface area contributed by atoms with Crippen molar-refractivity contribution < 1.29 is 9.59 Å². The van der Waals surface area contributed by atoms with E-state index in [0.717, 1.165) is 24.3 Å². The standard InChI is InChI=1S/C18H19N3O2/c1-14-2-4-15(5-3-14)17(22)18(23)21-12-10-20(11-13-21)16-6-8-19-9-7-16/h2-9H,10-13H2,1H3. The van der Waals surface area contributed by atoms with E-state index in [1.165, 1.54) is 0 Å². The van der Waals surface area contributed by atoms with Gasteiger partial charge in [-0.25, -0.2) is 0 Å². The number of piperazine rings is 1. The molecule has 0 radical (unpaired) electrons. The Morgan fingerprint density at radius 2 is 1.52 bits per heavy atom. The van der Waals surface area contributed by atoms with Crippen molar-refractivity contribution in [3.8, 4) is 0 Å². The summed E-state index contributed by atoms with van der Waals surface area (Å²) in [6.45, 7) is 4.50. The summed E-state index contributed by atoms with van der Waals surface area (Å²) in [5, 5.41) is 0. The highest BCUT2D eigenvalue weighted by atomic mass is 16.2. The van der Waals surface area contributed by atoms with Crippen molar-refractivity contribution >= 4 is 17.4 Å². The first-order valence-corrected chi connectivity index (χ1v) is 7.70.